The molecule has 0 spiro atoms. The zero-order chi connectivity index (χ0) is 41.7. The van der Waals surface area contributed by atoms with Crippen LogP contribution in [0.5, 0.6) is 0 Å². The fourth-order valence-electron chi connectivity index (χ4n) is 6.53. The van der Waals surface area contributed by atoms with Crippen LogP contribution in [-0.2, 0) is 25.5 Å². The maximum atomic E-state index is 7.28. The smallest absolute Gasteiger partial charge is 0.168 e. The van der Waals surface area contributed by atoms with Crippen LogP contribution in [0, 0.1) is 25.8 Å². The molecule has 0 aliphatic rings. The van der Waals surface area contributed by atoms with Gasteiger partial charge in [0.05, 0.1) is 16.9 Å². The van der Waals surface area contributed by atoms with Crippen LogP contribution in [0.25, 0.3) is 61.4 Å². The second kappa shape index (κ2) is 15.2. The predicted octanol–water partition coefficient (Wildman–Crippen LogP) is 12.5. The second-order valence-corrected chi connectivity index (χ2v) is 14.8. The van der Waals surface area contributed by atoms with Crippen molar-refractivity contribution in [3.8, 4) is 28.3 Å². The molecule has 5 nitrogen and oxygen atoms in total. The average molecular weight is 881 g/mol. The van der Waals surface area contributed by atoms with Crippen LogP contribution in [0.2, 0.25) is 0 Å². The molecule has 4 aromatic heterocycles. The maximum absolute atomic E-state index is 7.28. The molecule has 0 bridgehead atoms. The van der Waals surface area contributed by atoms with E-state index in [1.54, 1.807) is 12.1 Å². The Morgan fingerprint density at radius 1 is 0.774 bits per heavy atom. The van der Waals surface area contributed by atoms with Gasteiger partial charge in [0.15, 0.2) is 5.65 Å². The number of para-hydroxylation sites is 2. The summed E-state index contributed by atoms with van der Waals surface area (Å²) in [5.41, 5.74) is 10.7. The van der Waals surface area contributed by atoms with Crippen molar-refractivity contribution in [2.75, 3.05) is 0 Å². The molecule has 0 amide bonds. The van der Waals surface area contributed by atoms with E-state index in [0.717, 1.165) is 44.5 Å². The third-order valence-electron chi connectivity index (χ3n) is 9.36. The quantitative estimate of drug-likeness (QED) is 0.162. The molecule has 0 unspecified atom stereocenters. The summed E-state index contributed by atoms with van der Waals surface area (Å²) in [5, 5.41) is 2.16. The molecule has 271 valence electrons. The number of pyridine rings is 2. The monoisotopic (exact) mass is 881 g/mol. The SMILES string of the molecule is CC(C)c1cccc(C(C)C)c1-n1c(-c2[c-]ccc3c2oc2ccccc23)nc2ncc(C(C)(C)C)cc21.[2H]C([2H])([2H])c1c[c-]c(-c2ccc(C([2H])([2H])[2H])cn2)cc1.[Ir]. The van der Waals surface area contributed by atoms with Crippen LogP contribution in [0.15, 0.2) is 108 Å². The number of fused-ring (bicyclic) bond motifs is 4. The Labute approximate surface area is 335 Å². The first-order chi connectivity index (χ1) is 27.3. The van der Waals surface area contributed by atoms with Gasteiger partial charge in [0.1, 0.15) is 5.58 Å². The molecule has 0 aliphatic heterocycles. The topological polar surface area (TPSA) is 56.7 Å². The van der Waals surface area contributed by atoms with E-state index in [9.17, 15) is 0 Å². The molecular weight excluding hydrogens is 829 g/mol. The van der Waals surface area contributed by atoms with Gasteiger partial charge in [-0.3, -0.25) is 4.98 Å². The minimum Gasteiger partial charge on any atom is -0.501 e. The molecule has 0 N–H and O–H groups in total. The number of nitrogens with zero attached hydrogens (tertiary/aromatic N) is 4. The van der Waals surface area contributed by atoms with E-state index < -0.39 is 13.7 Å². The van der Waals surface area contributed by atoms with E-state index >= 15 is 0 Å². The summed E-state index contributed by atoms with van der Waals surface area (Å²) in [6.07, 6.45) is 3.26. The number of rotatable bonds is 5. The molecule has 0 aliphatic carbocycles. The number of aryl methyl sites for hydroxylation is 2. The normalized spacial score (nSPS) is 13.8. The van der Waals surface area contributed by atoms with Crippen LogP contribution in [0.3, 0.4) is 0 Å². The van der Waals surface area contributed by atoms with Gasteiger partial charge in [0, 0.05) is 51.8 Å². The van der Waals surface area contributed by atoms with E-state index in [4.69, 9.17) is 22.6 Å². The van der Waals surface area contributed by atoms with Gasteiger partial charge in [-0.25, -0.2) is 4.98 Å². The van der Waals surface area contributed by atoms with E-state index in [1.165, 1.54) is 46.8 Å². The number of furan rings is 1. The minimum atomic E-state index is -2.18. The predicted molar refractivity (Wildman–Crippen MR) is 215 cm³/mol. The average Bonchev–Trinajstić information content (AvgIpc) is 3.75. The van der Waals surface area contributed by atoms with Crippen molar-refractivity contribution >= 4 is 33.1 Å². The number of hydrogen-bond donors (Lipinski definition) is 0. The minimum absolute atomic E-state index is 0. The summed E-state index contributed by atoms with van der Waals surface area (Å²) in [6, 6.07) is 35.1. The van der Waals surface area contributed by atoms with Crippen molar-refractivity contribution in [2.45, 2.75) is 79.4 Å². The van der Waals surface area contributed by atoms with Crippen LogP contribution >= 0.6 is 0 Å². The van der Waals surface area contributed by atoms with Gasteiger partial charge in [-0.15, -0.1) is 53.6 Å². The second-order valence-electron chi connectivity index (χ2n) is 14.8. The standard InChI is InChI=1S/C34H34N3O.C13H12N.Ir/c1-20(2)23-13-10-14-24(21(3)4)30(23)37-28-18-22(34(5,6)7)19-35-32(28)36-33(37)27-16-11-15-26-25-12-8-9-17-29(25)38-31(26)27;1-10-3-6-12(7-4-10)13-8-5-11(2)9-14-13;/h8-15,17-21H,1-7H3;3-6,8-9H,1-2H3;/q2*-1;/i;1D3,2D3;. The summed E-state index contributed by atoms with van der Waals surface area (Å²) in [5.74, 6) is 1.47. The Balaban J connectivity index is 0.000000236. The Hall–Kier alpha value is -4.90. The van der Waals surface area contributed by atoms with Crippen LogP contribution < -0.4 is 0 Å². The zero-order valence-electron chi connectivity index (χ0n) is 37.0. The largest absolute Gasteiger partial charge is 0.501 e. The van der Waals surface area contributed by atoms with Gasteiger partial charge in [-0.2, -0.15) is 0 Å². The van der Waals surface area contributed by atoms with E-state index in [0.29, 0.717) is 23.1 Å². The Morgan fingerprint density at radius 2 is 1.51 bits per heavy atom. The zero-order valence-corrected chi connectivity index (χ0v) is 33.4. The van der Waals surface area contributed by atoms with Crippen LogP contribution in [-0.4, -0.2) is 19.5 Å². The van der Waals surface area contributed by atoms with Crippen LogP contribution in [0.4, 0.5) is 0 Å². The summed E-state index contributed by atoms with van der Waals surface area (Å²) in [4.78, 5) is 14.1. The molecule has 4 heterocycles. The summed E-state index contributed by atoms with van der Waals surface area (Å²) in [7, 11) is 0. The number of hydrogen-bond acceptors (Lipinski definition) is 4. The number of benzene rings is 4. The van der Waals surface area contributed by atoms with E-state index in [2.05, 4.69) is 113 Å². The summed E-state index contributed by atoms with van der Waals surface area (Å²) < 4.78 is 52.4. The van der Waals surface area contributed by atoms with E-state index in [-0.39, 0.29) is 36.6 Å². The molecule has 0 fully saturated rings. The van der Waals surface area contributed by atoms with Crippen molar-refractivity contribution in [3.05, 3.63) is 143 Å². The first-order valence-electron chi connectivity index (χ1n) is 20.7. The van der Waals surface area contributed by atoms with Gasteiger partial charge in [0.25, 0.3) is 0 Å². The molecule has 0 atom stereocenters. The Morgan fingerprint density at radius 3 is 2.15 bits per heavy atom. The molecular formula is C47H46IrN4O-2. The fraction of sp³-hybridized carbons (Fsp3) is 0.255. The first kappa shape index (κ1) is 30.5. The maximum Gasteiger partial charge on any atom is 0.168 e. The third kappa shape index (κ3) is 7.49. The van der Waals surface area contributed by atoms with Crippen molar-refractivity contribution in [3.63, 3.8) is 0 Å². The number of aromatic nitrogens is 4. The fourth-order valence-corrected chi connectivity index (χ4v) is 6.53. The molecule has 0 saturated heterocycles. The molecule has 1 radical (unpaired) electrons. The van der Waals surface area contributed by atoms with Crippen molar-refractivity contribution in [2.24, 2.45) is 0 Å². The van der Waals surface area contributed by atoms with Gasteiger partial charge in [-0.05, 0) is 64.2 Å². The molecule has 6 heteroatoms. The first-order valence-corrected chi connectivity index (χ1v) is 17.7. The summed E-state index contributed by atoms with van der Waals surface area (Å²) >= 11 is 0. The Kier molecular flexibility index (Phi) is 8.77. The van der Waals surface area contributed by atoms with Crippen molar-refractivity contribution in [1.82, 2.24) is 19.5 Å². The molecule has 4 aromatic carbocycles. The van der Waals surface area contributed by atoms with Crippen LogP contribution in [0.1, 0.15) is 96.3 Å². The van der Waals surface area contributed by atoms with Crippen molar-refractivity contribution in [1.29, 1.82) is 0 Å². The summed E-state index contributed by atoms with van der Waals surface area (Å²) in [6.45, 7) is 11.4. The molecule has 8 aromatic rings. The van der Waals surface area contributed by atoms with Gasteiger partial charge in [0.2, 0.25) is 0 Å². The van der Waals surface area contributed by atoms with Gasteiger partial charge >= 0.3 is 0 Å². The van der Waals surface area contributed by atoms with Gasteiger partial charge < -0.3 is 14.0 Å². The number of imidazole rings is 1. The third-order valence-corrected chi connectivity index (χ3v) is 9.36. The molecule has 53 heavy (non-hydrogen) atoms. The van der Waals surface area contributed by atoms with E-state index in [1.807, 2.05) is 24.4 Å². The molecule has 8 rings (SSSR count). The Bertz CT molecular complexity index is 2660. The molecule has 0 saturated carbocycles. The van der Waals surface area contributed by atoms with Crippen molar-refractivity contribution < 1.29 is 32.7 Å². The van der Waals surface area contributed by atoms with Gasteiger partial charge in [-0.1, -0.05) is 115 Å².